The van der Waals surface area contributed by atoms with E-state index in [4.69, 9.17) is 21.3 Å². The van der Waals surface area contributed by atoms with Crippen LogP contribution in [-0.2, 0) is 12.8 Å². The average Bonchev–Trinajstić information content (AvgIpc) is 3.16. The summed E-state index contributed by atoms with van der Waals surface area (Å²) in [4.78, 5) is 19.6. The Labute approximate surface area is 243 Å². The van der Waals surface area contributed by atoms with Crippen molar-refractivity contribution in [3.63, 3.8) is 0 Å². The van der Waals surface area contributed by atoms with Crippen LogP contribution in [0.2, 0.25) is 5.02 Å². The van der Waals surface area contributed by atoms with Crippen LogP contribution in [0.25, 0.3) is 0 Å². The smallest absolute Gasteiger partial charge is 0.259 e. The molecule has 4 rings (SSSR count). The first-order valence-corrected chi connectivity index (χ1v) is 14.7. The Bertz CT molecular complexity index is 1260. The van der Waals surface area contributed by atoms with Gasteiger partial charge >= 0.3 is 0 Å². The number of ether oxygens (including phenoxy) is 1. The van der Waals surface area contributed by atoms with Crippen LogP contribution in [0.4, 0.5) is 10.7 Å². The van der Waals surface area contributed by atoms with Gasteiger partial charge in [0.25, 0.3) is 5.91 Å². The number of hydrogen-bond donors (Lipinski definition) is 1. The Hall–Kier alpha value is -1.17. The number of aliphatic imine (C=N–C) groups is 1. The van der Waals surface area contributed by atoms with Crippen molar-refractivity contribution >= 4 is 90.9 Å². The van der Waals surface area contributed by atoms with Gasteiger partial charge in [0.2, 0.25) is 0 Å². The number of carbonyl (C=O) groups is 1. The number of carbonyl (C=O) groups excluding carboxylic acids is 1. The minimum Gasteiger partial charge on any atom is -0.495 e. The maximum Gasteiger partial charge on any atom is 0.259 e. The Kier molecular flexibility index (Phi) is 8.50. The summed E-state index contributed by atoms with van der Waals surface area (Å²) in [7, 11) is 1.68. The second-order valence-electron chi connectivity index (χ2n) is 9.73. The minimum atomic E-state index is -0.120. The standard InChI is InChI=1S/C27H27ClI2N2O2S/c1-27(2,3)16-5-10-19-22(13-16)35-26(23(19)25(33)32-18-8-6-17(28)7-9-18)31-14-15-11-20(29)24(34-4)21(30)12-15/h6-9,11-12,14,16H,5,10,13H2,1-4H3,(H,32,33)/t16-/m0/s1. The van der Waals surface area contributed by atoms with E-state index in [9.17, 15) is 4.79 Å². The molecule has 1 amide bonds. The highest BCUT2D eigenvalue weighted by atomic mass is 127. The molecule has 0 saturated carbocycles. The van der Waals surface area contributed by atoms with Gasteiger partial charge in [-0.3, -0.25) is 4.79 Å². The summed E-state index contributed by atoms with van der Waals surface area (Å²) in [6.07, 6.45) is 4.80. The molecule has 0 bridgehead atoms. The van der Waals surface area contributed by atoms with E-state index in [-0.39, 0.29) is 11.3 Å². The van der Waals surface area contributed by atoms with Crippen molar-refractivity contribution in [2.45, 2.75) is 40.0 Å². The first kappa shape index (κ1) is 26.9. The molecule has 0 unspecified atom stereocenters. The Morgan fingerprint density at radius 1 is 1.20 bits per heavy atom. The predicted octanol–water partition coefficient (Wildman–Crippen LogP) is 8.77. The molecular weight excluding hydrogens is 706 g/mol. The minimum absolute atomic E-state index is 0.120. The van der Waals surface area contributed by atoms with E-state index in [1.54, 1.807) is 30.6 Å². The molecule has 1 N–H and O–H groups in total. The van der Waals surface area contributed by atoms with E-state index >= 15 is 0 Å². The van der Waals surface area contributed by atoms with Crippen LogP contribution in [0.15, 0.2) is 41.4 Å². The van der Waals surface area contributed by atoms with Crippen molar-refractivity contribution in [1.82, 2.24) is 0 Å². The zero-order chi connectivity index (χ0) is 25.3. The third kappa shape index (κ3) is 6.22. The number of amides is 1. The summed E-state index contributed by atoms with van der Waals surface area (Å²) >= 11 is 12.2. The van der Waals surface area contributed by atoms with Crippen LogP contribution >= 0.6 is 68.1 Å². The zero-order valence-electron chi connectivity index (χ0n) is 20.0. The lowest BCUT2D eigenvalue weighted by Gasteiger charge is -2.33. The fourth-order valence-corrected chi connectivity index (χ4v) is 8.00. The van der Waals surface area contributed by atoms with Crippen molar-refractivity contribution < 1.29 is 9.53 Å². The monoisotopic (exact) mass is 732 g/mol. The highest BCUT2D eigenvalue weighted by molar-refractivity contribution is 14.1. The Balaban J connectivity index is 1.71. The molecule has 1 aliphatic carbocycles. The quantitative estimate of drug-likeness (QED) is 0.211. The SMILES string of the molecule is COc1c(I)cc(C=Nc2sc3c(c2C(=O)Nc2ccc(Cl)cc2)CC[C@H](C(C)(C)C)C3)cc1I. The van der Waals surface area contributed by atoms with Gasteiger partial charge in [-0.25, -0.2) is 4.99 Å². The maximum absolute atomic E-state index is 13.5. The van der Waals surface area contributed by atoms with Gasteiger partial charge in [0.15, 0.2) is 0 Å². The fourth-order valence-electron chi connectivity index (χ4n) is 4.34. The molecule has 0 spiro atoms. The molecule has 4 nitrogen and oxygen atoms in total. The summed E-state index contributed by atoms with van der Waals surface area (Å²) < 4.78 is 7.53. The molecule has 0 fully saturated rings. The lowest BCUT2D eigenvalue weighted by Crippen LogP contribution is -2.27. The summed E-state index contributed by atoms with van der Waals surface area (Å²) in [5.74, 6) is 1.33. The van der Waals surface area contributed by atoms with Crippen molar-refractivity contribution in [2.75, 3.05) is 12.4 Å². The first-order chi connectivity index (χ1) is 16.6. The second-order valence-corrected chi connectivity index (χ2v) is 13.6. The van der Waals surface area contributed by atoms with Crippen LogP contribution in [0.1, 0.15) is 53.6 Å². The molecule has 1 aromatic heterocycles. The van der Waals surface area contributed by atoms with Crippen LogP contribution in [0, 0.1) is 18.5 Å². The second kappa shape index (κ2) is 11.1. The van der Waals surface area contributed by atoms with Gasteiger partial charge in [0, 0.05) is 21.8 Å². The largest absolute Gasteiger partial charge is 0.495 e. The van der Waals surface area contributed by atoms with E-state index in [1.165, 1.54) is 4.88 Å². The number of rotatable bonds is 5. The van der Waals surface area contributed by atoms with Gasteiger partial charge in [0.05, 0.1) is 19.8 Å². The molecular formula is C27H27ClI2N2O2S. The van der Waals surface area contributed by atoms with E-state index in [2.05, 4.69) is 71.3 Å². The highest BCUT2D eigenvalue weighted by Gasteiger charge is 2.33. The van der Waals surface area contributed by atoms with E-state index in [0.29, 0.717) is 16.5 Å². The number of thiophene rings is 1. The zero-order valence-corrected chi connectivity index (χ0v) is 25.9. The molecule has 2 aromatic carbocycles. The number of hydrogen-bond acceptors (Lipinski definition) is 4. The molecule has 1 aliphatic rings. The first-order valence-electron chi connectivity index (χ1n) is 11.4. The number of anilines is 1. The maximum atomic E-state index is 13.5. The number of benzene rings is 2. The Morgan fingerprint density at radius 3 is 2.46 bits per heavy atom. The normalized spacial score (nSPS) is 15.8. The molecule has 0 saturated heterocycles. The number of halogens is 3. The number of nitrogens with zero attached hydrogens (tertiary/aromatic N) is 1. The van der Waals surface area contributed by atoms with Gasteiger partial charge < -0.3 is 10.1 Å². The fraction of sp³-hybridized carbons (Fsp3) is 0.333. The molecule has 1 heterocycles. The van der Waals surface area contributed by atoms with Crippen LogP contribution in [0.3, 0.4) is 0 Å². The van der Waals surface area contributed by atoms with Gasteiger partial charge in [-0.1, -0.05) is 32.4 Å². The summed E-state index contributed by atoms with van der Waals surface area (Å²) in [5, 5.41) is 4.45. The van der Waals surface area contributed by atoms with Gasteiger partial charge in [0.1, 0.15) is 10.8 Å². The van der Waals surface area contributed by atoms with Crippen molar-refractivity contribution in [3.05, 3.63) is 70.1 Å². The molecule has 3 aromatic rings. The van der Waals surface area contributed by atoms with Crippen LogP contribution in [0.5, 0.6) is 5.75 Å². The molecule has 184 valence electrons. The molecule has 1 atom stereocenters. The van der Waals surface area contributed by atoms with Crippen LogP contribution in [-0.4, -0.2) is 19.2 Å². The van der Waals surface area contributed by atoms with E-state index in [0.717, 1.165) is 54.0 Å². The van der Waals surface area contributed by atoms with Crippen molar-refractivity contribution in [2.24, 2.45) is 16.3 Å². The molecule has 8 heteroatoms. The third-order valence-electron chi connectivity index (χ3n) is 6.36. The average molecular weight is 733 g/mol. The third-order valence-corrected chi connectivity index (χ3v) is 9.37. The lowest BCUT2D eigenvalue weighted by atomic mass is 9.72. The number of methoxy groups -OCH3 is 1. The molecule has 0 radical (unpaired) electrons. The molecule has 35 heavy (non-hydrogen) atoms. The van der Waals surface area contributed by atoms with Gasteiger partial charge in [-0.2, -0.15) is 0 Å². The van der Waals surface area contributed by atoms with E-state index in [1.807, 2.05) is 30.5 Å². The van der Waals surface area contributed by atoms with Gasteiger partial charge in [-0.05, 0) is 123 Å². The Morgan fingerprint density at radius 2 is 1.86 bits per heavy atom. The topological polar surface area (TPSA) is 50.7 Å². The van der Waals surface area contributed by atoms with E-state index < -0.39 is 0 Å². The summed E-state index contributed by atoms with van der Waals surface area (Å²) in [6.45, 7) is 6.91. The lowest BCUT2D eigenvalue weighted by molar-refractivity contribution is 0.102. The summed E-state index contributed by atoms with van der Waals surface area (Å²) in [5.41, 5.74) is 3.77. The number of fused-ring (bicyclic) bond motifs is 1. The number of nitrogens with one attached hydrogen (secondary N) is 1. The van der Waals surface area contributed by atoms with Crippen molar-refractivity contribution in [1.29, 1.82) is 0 Å². The van der Waals surface area contributed by atoms with Crippen molar-refractivity contribution in [3.8, 4) is 5.75 Å². The predicted molar refractivity (Wildman–Crippen MR) is 164 cm³/mol. The van der Waals surface area contributed by atoms with Crippen LogP contribution < -0.4 is 10.1 Å². The highest BCUT2D eigenvalue weighted by Crippen LogP contribution is 2.45. The summed E-state index contributed by atoms with van der Waals surface area (Å²) in [6, 6.07) is 11.3. The van der Waals surface area contributed by atoms with Gasteiger partial charge in [-0.15, -0.1) is 11.3 Å². The molecule has 0 aliphatic heterocycles.